The van der Waals surface area contributed by atoms with Gasteiger partial charge in [0.15, 0.2) is 0 Å². The number of carbonyl (C=O) groups is 2. The van der Waals surface area contributed by atoms with Crippen LogP contribution in [-0.2, 0) is 33.8 Å². The lowest BCUT2D eigenvalue weighted by Gasteiger charge is -2.15. The van der Waals surface area contributed by atoms with Crippen LogP contribution in [0, 0.1) is 28.8 Å². The molecule has 280 valence electrons. The van der Waals surface area contributed by atoms with Crippen LogP contribution in [-0.4, -0.2) is 30.0 Å². The van der Waals surface area contributed by atoms with Gasteiger partial charge in [0.1, 0.15) is 29.2 Å². The van der Waals surface area contributed by atoms with E-state index in [2.05, 4.69) is 10.4 Å². The average Bonchev–Trinajstić information content (AvgIpc) is 3.48. The van der Waals surface area contributed by atoms with E-state index in [1.165, 1.54) is 30.3 Å². The fraction of sp³-hybridized carbons (Fsp3) is 0.211. The van der Waals surface area contributed by atoms with E-state index in [0.29, 0.717) is 25.0 Å². The Kier molecular flexibility index (Phi) is 11.6. The van der Waals surface area contributed by atoms with E-state index >= 15 is 4.39 Å². The van der Waals surface area contributed by atoms with Gasteiger partial charge in [-0.15, -0.1) is 0 Å². The first-order valence-corrected chi connectivity index (χ1v) is 18.0. The monoisotopic (exact) mass is 767 g/mol. The second-order valence-corrected chi connectivity index (χ2v) is 13.7. The third-order valence-electron chi connectivity index (χ3n) is 8.38. The number of halogens is 6. The molecule has 2 N–H and O–H groups in total. The normalized spacial score (nSPS) is 11.6. The number of aromatic nitrogens is 2. The summed E-state index contributed by atoms with van der Waals surface area (Å²) in [7, 11) is -4.72. The summed E-state index contributed by atoms with van der Waals surface area (Å²) in [5.41, 5.74) is -2.29. The lowest BCUT2D eigenvalue weighted by molar-refractivity contribution is -0.137. The molecule has 1 heterocycles. The van der Waals surface area contributed by atoms with Crippen molar-refractivity contribution < 1.29 is 44.3 Å². The molecule has 4 aromatic carbocycles. The molecule has 54 heavy (non-hydrogen) atoms. The van der Waals surface area contributed by atoms with Crippen LogP contribution in [0.5, 0.6) is 0 Å². The molecule has 1 aromatic heterocycles. The maximum Gasteiger partial charge on any atom is 0.418 e. The smallest absolute Gasteiger partial charge is 0.326 e. The molecule has 0 aliphatic carbocycles. The van der Waals surface area contributed by atoms with E-state index < -0.39 is 67.2 Å². The number of alkyl halides is 3. The molecule has 9 nitrogen and oxygen atoms in total. The molecule has 0 fully saturated rings. The minimum atomic E-state index is -4.87. The number of benzene rings is 4. The van der Waals surface area contributed by atoms with Crippen molar-refractivity contribution in [2.45, 2.75) is 57.0 Å². The number of hydrogen-bond acceptors (Lipinski definition) is 6. The average molecular weight is 768 g/mol. The molecule has 0 aliphatic rings. The van der Waals surface area contributed by atoms with Crippen LogP contribution in [0.4, 0.5) is 32.0 Å². The maximum absolute atomic E-state index is 15.9. The fourth-order valence-electron chi connectivity index (χ4n) is 5.68. The Labute approximate surface area is 306 Å². The summed E-state index contributed by atoms with van der Waals surface area (Å²) in [5.74, 6) is -4.87. The van der Waals surface area contributed by atoms with E-state index in [-0.39, 0.29) is 58.6 Å². The summed E-state index contributed by atoms with van der Waals surface area (Å²) >= 11 is 0. The van der Waals surface area contributed by atoms with Crippen LogP contribution < -0.4 is 10.0 Å². The van der Waals surface area contributed by atoms with Crippen LogP contribution in [0.2, 0.25) is 0 Å². The Balaban J connectivity index is 1.54. The molecule has 0 bridgehead atoms. The Bertz CT molecular complexity index is 2400. The number of aryl methyl sites for hydroxylation is 1. The van der Waals surface area contributed by atoms with Crippen molar-refractivity contribution >= 4 is 27.5 Å². The molecule has 0 atom stereocenters. The summed E-state index contributed by atoms with van der Waals surface area (Å²) in [6, 6.07) is 15.8. The number of nitriles is 1. The van der Waals surface area contributed by atoms with Crippen LogP contribution in [0.1, 0.15) is 71.5 Å². The number of unbranched alkanes of at least 4 members (excludes halogenated alkanes) is 1. The highest BCUT2D eigenvalue weighted by atomic mass is 32.2. The summed E-state index contributed by atoms with van der Waals surface area (Å²) < 4.78 is 116. The quantitative estimate of drug-likeness (QED) is 0.123. The van der Waals surface area contributed by atoms with Gasteiger partial charge in [-0.2, -0.15) is 23.5 Å². The number of nitrogens with one attached hydrogen (secondary N) is 2. The first-order chi connectivity index (χ1) is 25.6. The van der Waals surface area contributed by atoms with Gasteiger partial charge in [0.2, 0.25) is 5.91 Å². The zero-order valence-corrected chi connectivity index (χ0v) is 29.5. The van der Waals surface area contributed by atoms with Crippen molar-refractivity contribution in [1.82, 2.24) is 14.5 Å². The zero-order chi connectivity index (χ0) is 39.4. The number of rotatable bonds is 12. The molecule has 5 rings (SSSR count). The number of sulfonamides is 1. The van der Waals surface area contributed by atoms with Crippen molar-refractivity contribution in [3.63, 3.8) is 0 Å². The lowest BCUT2D eigenvalue weighted by atomic mass is 9.97. The topological polar surface area (TPSA) is 134 Å². The van der Waals surface area contributed by atoms with Crippen molar-refractivity contribution in [1.29, 1.82) is 5.26 Å². The summed E-state index contributed by atoms with van der Waals surface area (Å²) in [5, 5.41) is 17.2. The van der Waals surface area contributed by atoms with Gasteiger partial charge in [-0.25, -0.2) is 31.0 Å². The van der Waals surface area contributed by atoms with Crippen LogP contribution in [0.15, 0.2) is 83.8 Å². The van der Waals surface area contributed by atoms with Gasteiger partial charge in [-0.05, 0) is 72.5 Å². The number of hydrogen-bond donors (Lipinski definition) is 2. The van der Waals surface area contributed by atoms with E-state index in [1.807, 2.05) is 13.0 Å². The molecule has 0 spiro atoms. The summed E-state index contributed by atoms with van der Waals surface area (Å²) in [4.78, 5) is 24.2. The van der Waals surface area contributed by atoms with Gasteiger partial charge in [0.25, 0.3) is 15.9 Å². The molecule has 16 heteroatoms. The third-order valence-corrected chi connectivity index (χ3v) is 9.77. The van der Waals surface area contributed by atoms with Crippen molar-refractivity contribution in [2.75, 3.05) is 5.32 Å². The van der Waals surface area contributed by atoms with Crippen LogP contribution in [0.3, 0.4) is 0 Å². The van der Waals surface area contributed by atoms with E-state index in [1.54, 1.807) is 11.6 Å². The summed E-state index contributed by atoms with van der Waals surface area (Å²) in [6.07, 6.45) is -3.62. The first-order valence-electron chi connectivity index (χ1n) is 16.5. The summed E-state index contributed by atoms with van der Waals surface area (Å²) in [6.45, 7) is 3.45. The number of carbonyl (C=O) groups excluding carboxylic acids is 2. The molecule has 5 aromatic rings. The van der Waals surface area contributed by atoms with Gasteiger partial charge < -0.3 is 5.32 Å². The Hall–Kier alpha value is -5.95. The van der Waals surface area contributed by atoms with Crippen molar-refractivity contribution in [3.8, 4) is 22.9 Å². The second-order valence-electron chi connectivity index (χ2n) is 12.1. The fourth-order valence-corrected chi connectivity index (χ4v) is 6.88. The molecular formula is C38H31F6N5O4S. The van der Waals surface area contributed by atoms with Gasteiger partial charge >= 0.3 is 6.18 Å². The van der Waals surface area contributed by atoms with Crippen LogP contribution in [0.25, 0.3) is 16.8 Å². The minimum Gasteiger partial charge on any atom is -0.326 e. The first kappa shape index (κ1) is 39.3. The molecule has 0 aliphatic heterocycles. The SMILES string of the molecule is CCCCc1nn(-c2cc(NC(=O)CC)ccc2C(F)(F)F)c(C#N)c1Cc1ccc(-c2ccccc2S(=O)(=O)NC(=O)c2cc(F)ccc2F)cc1F. The van der Waals surface area contributed by atoms with E-state index in [0.717, 1.165) is 41.1 Å². The highest BCUT2D eigenvalue weighted by Crippen LogP contribution is 2.37. The standard InChI is InChI=1S/C38H31F6N5O4S/c1-3-5-9-32-28(34(21-45)49(47-32)33-20-25(46-36(50)4-2)14-15-29(33)38(42,43)44)17-23-12-11-22(18-31(23)41)26-8-6-7-10-35(26)54(52,53)48-37(51)27-19-24(39)13-16-30(27)40/h6-8,10-16,18-20H,3-5,9,17H2,1-2H3,(H,46,50)(H,48,51). The van der Waals surface area contributed by atoms with Gasteiger partial charge in [0.05, 0.1) is 27.4 Å². The highest BCUT2D eigenvalue weighted by Gasteiger charge is 2.36. The third kappa shape index (κ3) is 8.47. The Morgan fingerprint density at radius 2 is 1.67 bits per heavy atom. The molecular weight excluding hydrogens is 737 g/mol. The van der Waals surface area contributed by atoms with Gasteiger partial charge in [-0.3, -0.25) is 9.59 Å². The van der Waals surface area contributed by atoms with Crippen molar-refractivity contribution in [3.05, 3.63) is 130 Å². The lowest BCUT2D eigenvalue weighted by Crippen LogP contribution is -2.31. The molecule has 0 radical (unpaired) electrons. The largest absolute Gasteiger partial charge is 0.418 e. The maximum atomic E-state index is 15.9. The number of anilines is 1. The zero-order valence-electron chi connectivity index (χ0n) is 28.7. The Morgan fingerprint density at radius 3 is 2.33 bits per heavy atom. The molecule has 0 saturated heterocycles. The van der Waals surface area contributed by atoms with Crippen LogP contribution >= 0.6 is 0 Å². The predicted molar refractivity (Wildman–Crippen MR) is 186 cm³/mol. The predicted octanol–water partition coefficient (Wildman–Crippen LogP) is 8.25. The van der Waals surface area contributed by atoms with E-state index in [9.17, 15) is 45.2 Å². The number of nitrogens with zero attached hydrogens (tertiary/aromatic N) is 3. The van der Waals surface area contributed by atoms with Gasteiger partial charge in [-0.1, -0.05) is 50.6 Å². The minimum absolute atomic E-state index is 0.00257. The molecule has 2 amide bonds. The van der Waals surface area contributed by atoms with Gasteiger partial charge in [0, 0.05) is 29.7 Å². The highest BCUT2D eigenvalue weighted by molar-refractivity contribution is 7.90. The van der Waals surface area contributed by atoms with Crippen molar-refractivity contribution in [2.24, 2.45) is 0 Å². The molecule has 0 unspecified atom stereocenters. The second kappa shape index (κ2) is 16.0. The Morgan fingerprint density at radius 1 is 0.926 bits per heavy atom. The molecule has 0 saturated carbocycles. The van der Waals surface area contributed by atoms with E-state index in [4.69, 9.17) is 0 Å². The number of amides is 2.